The molecule has 0 N–H and O–H groups in total. The molecule has 2 aromatic rings. The SMILES string of the molecule is COc1cc2cc3c(cc2cc1OCCCCCCN1CCN(C(C)=O)CC1)N=C[C@@H]1CCCN1C3=O. The van der Waals surface area contributed by atoms with E-state index in [9.17, 15) is 9.59 Å². The van der Waals surface area contributed by atoms with Crippen LogP contribution in [-0.4, -0.2) is 91.8 Å². The Hall–Kier alpha value is -3.13. The summed E-state index contributed by atoms with van der Waals surface area (Å²) in [5.41, 5.74) is 1.38. The van der Waals surface area contributed by atoms with Crippen LogP contribution in [0.4, 0.5) is 5.69 Å². The van der Waals surface area contributed by atoms with Crippen LogP contribution < -0.4 is 9.47 Å². The van der Waals surface area contributed by atoms with Gasteiger partial charge in [0.2, 0.25) is 5.91 Å². The van der Waals surface area contributed by atoms with E-state index in [4.69, 9.17) is 9.47 Å². The van der Waals surface area contributed by atoms with Gasteiger partial charge < -0.3 is 19.3 Å². The zero-order valence-corrected chi connectivity index (χ0v) is 22.1. The van der Waals surface area contributed by atoms with Gasteiger partial charge in [-0.1, -0.05) is 12.8 Å². The monoisotopic (exact) mass is 506 g/mol. The maximum Gasteiger partial charge on any atom is 0.256 e. The molecule has 2 saturated heterocycles. The van der Waals surface area contributed by atoms with Crippen LogP contribution in [0.15, 0.2) is 29.3 Å². The molecule has 2 fully saturated rings. The molecule has 0 saturated carbocycles. The molecule has 198 valence electrons. The number of hydrogen-bond donors (Lipinski definition) is 0. The van der Waals surface area contributed by atoms with Gasteiger partial charge in [-0.2, -0.15) is 0 Å². The van der Waals surface area contributed by atoms with E-state index < -0.39 is 0 Å². The molecule has 0 unspecified atom stereocenters. The van der Waals surface area contributed by atoms with Crippen molar-refractivity contribution >= 4 is 34.5 Å². The van der Waals surface area contributed by atoms with Gasteiger partial charge in [-0.25, -0.2) is 0 Å². The summed E-state index contributed by atoms with van der Waals surface area (Å²) in [4.78, 5) is 35.6. The standard InChI is InChI=1S/C29H38N4O4/c1-21(34)32-13-11-31(12-14-32)9-5-3-4-6-15-37-28-19-23-17-26-25(16-22(23)18-27(28)36-2)29(35)33-10-7-8-24(33)20-30-26/h16-20,24H,3-15H2,1-2H3/t24-/m0/s1. The number of amides is 2. The highest BCUT2D eigenvalue weighted by atomic mass is 16.5. The molecule has 3 aliphatic rings. The van der Waals surface area contributed by atoms with Gasteiger partial charge in [0.05, 0.1) is 31.0 Å². The largest absolute Gasteiger partial charge is 0.493 e. The summed E-state index contributed by atoms with van der Waals surface area (Å²) in [6, 6.07) is 8.00. The van der Waals surface area contributed by atoms with E-state index in [1.807, 2.05) is 40.3 Å². The molecule has 2 amide bonds. The minimum Gasteiger partial charge on any atom is -0.493 e. The molecule has 0 spiro atoms. The number of methoxy groups -OCH3 is 1. The predicted molar refractivity (Wildman–Crippen MR) is 145 cm³/mol. The number of carbonyl (C=O) groups excluding carboxylic acids is 2. The Morgan fingerprint density at radius 1 is 0.973 bits per heavy atom. The second kappa shape index (κ2) is 11.5. The Morgan fingerprint density at radius 3 is 2.51 bits per heavy atom. The van der Waals surface area contributed by atoms with Crippen molar-refractivity contribution in [1.82, 2.24) is 14.7 Å². The Balaban J connectivity index is 1.13. The first-order valence-electron chi connectivity index (χ1n) is 13.6. The molecule has 8 nitrogen and oxygen atoms in total. The first-order chi connectivity index (χ1) is 18.0. The summed E-state index contributed by atoms with van der Waals surface area (Å²) in [7, 11) is 1.65. The molecule has 8 heteroatoms. The molecule has 0 aromatic heterocycles. The number of piperazine rings is 1. The molecule has 5 rings (SSSR count). The predicted octanol–water partition coefficient (Wildman–Crippen LogP) is 4.27. The fourth-order valence-corrected chi connectivity index (χ4v) is 5.63. The molecular formula is C29H38N4O4. The van der Waals surface area contributed by atoms with Crippen LogP contribution in [0.2, 0.25) is 0 Å². The Bertz CT molecular complexity index is 1170. The number of rotatable bonds is 9. The van der Waals surface area contributed by atoms with Gasteiger partial charge in [-0.3, -0.25) is 19.5 Å². The van der Waals surface area contributed by atoms with E-state index in [1.165, 1.54) is 12.8 Å². The van der Waals surface area contributed by atoms with Crippen LogP contribution in [0.5, 0.6) is 11.5 Å². The Kier molecular flexibility index (Phi) is 7.93. The summed E-state index contributed by atoms with van der Waals surface area (Å²) >= 11 is 0. The third-order valence-corrected chi connectivity index (χ3v) is 7.86. The first kappa shape index (κ1) is 25.5. The number of hydrogen-bond acceptors (Lipinski definition) is 6. The molecule has 3 heterocycles. The van der Waals surface area contributed by atoms with Crippen LogP contribution >= 0.6 is 0 Å². The van der Waals surface area contributed by atoms with Crippen LogP contribution in [0.1, 0.15) is 55.8 Å². The summed E-state index contributed by atoms with van der Waals surface area (Å²) in [5, 5.41) is 1.94. The van der Waals surface area contributed by atoms with Crippen molar-refractivity contribution in [3.05, 3.63) is 29.8 Å². The van der Waals surface area contributed by atoms with Crippen LogP contribution in [0.3, 0.4) is 0 Å². The van der Waals surface area contributed by atoms with Gasteiger partial charge in [-0.15, -0.1) is 0 Å². The van der Waals surface area contributed by atoms with Crippen molar-refractivity contribution in [3.63, 3.8) is 0 Å². The number of ether oxygens (including phenoxy) is 2. The first-order valence-corrected chi connectivity index (χ1v) is 13.6. The molecule has 0 aliphatic carbocycles. The average molecular weight is 507 g/mol. The van der Waals surface area contributed by atoms with Crippen LogP contribution in [0, 0.1) is 0 Å². The lowest BCUT2D eigenvalue weighted by atomic mass is 10.0. The van der Waals surface area contributed by atoms with E-state index in [0.29, 0.717) is 17.9 Å². The molecule has 1 atom stereocenters. The van der Waals surface area contributed by atoms with Crippen molar-refractivity contribution in [1.29, 1.82) is 0 Å². The number of carbonyl (C=O) groups is 2. The van der Waals surface area contributed by atoms with Gasteiger partial charge in [0.15, 0.2) is 11.5 Å². The van der Waals surface area contributed by atoms with Gasteiger partial charge in [-0.05, 0) is 67.3 Å². The average Bonchev–Trinajstić information content (AvgIpc) is 3.34. The van der Waals surface area contributed by atoms with Crippen molar-refractivity contribution in [2.24, 2.45) is 4.99 Å². The molecule has 37 heavy (non-hydrogen) atoms. The Labute approximate surface area is 219 Å². The van der Waals surface area contributed by atoms with Gasteiger partial charge >= 0.3 is 0 Å². The van der Waals surface area contributed by atoms with Crippen molar-refractivity contribution in [2.45, 2.75) is 51.5 Å². The van der Waals surface area contributed by atoms with Gasteiger partial charge in [0, 0.05) is 45.9 Å². The number of aliphatic imine (C=N–C) groups is 1. The second-order valence-corrected chi connectivity index (χ2v) is 10.3. The summed E-state index contributed by atoms with van der Waals surface area (Å²) in [6.07, 6.45) is 8.37. The number of fused-ring (bicyclic) bond motifs is 3. The van der Waals surface area contributed by atoms with Crippen LogP contribution in [-0.2, 0) is 4.79 Å². The molecular weight excluding hydrogens is 468 g/mol. The molecule has 0 radical (unpaired) electrons. The normalized spacial score (nSPS) is 19.6. The summed E-state index contributed by atoms with van der Waals surface area (Å²) in [6.45, 7) is 7.83. The summed E-state index contributed by atoms with van der Waals surface area (Å²) in [5.74, 6) is 1.65. The fourth-order valence-electron chi connectivity index (χ4n) is 5.63. The maximum absolute atomic E-state index is 13.1. The van der Waals surface area contributed by atoms with E-state index in [1.54, 1.807) is 14.0 Å². The van der Waals surface area contributed by atoms with E-state index in [-0.39, 0.29) is 17.9 Å². The minimum atomic E-state index is 0.0644. The topological polar surface area (TPSA) is 74.7 Å². The molecule has 2 aromatic carbocycles. The van der Waals surface area contributed by atoms with Crippen molar-refractivity contribution in [2.75, 3.05) is 53.0 Å². The number of benzene rings is 2. The second-order valence-electron chi connectivity index (χ2n) is 10.3. The van der Waals surface area contributed by atoms with Crippen LogP contribution in [0.25, 0.3) is 10.8 Å². The lowest BCUT2D eigenvalue weighted by Gasteiger charge is -2.34. The maximum atomic E-state index is 13.1. The van der Waals surface area contributed by atoms with E-state index >= 15 is 0 Å². The third-order valence-electron chi connectivity index (χ3n) is 7.86. The fraction of sp³-hybridized carbons (Fsp3) is 0.552. The lowest BCUT2D eigenvalue weighted by Crippen LogP contribution is -2.48. The quantitative estimate of drug-likeness (QED) is 0.475. The zero-order chi connectivity index (χ0) is 25.8. The third kappa shape index (κ3) is 5.74. The lowest BCUT2D eigenvalue weighted by molar-refractivity contribution is -0.130. The highest BCUT2D eigenvalue weighted by Crippen LogP contribution is 2.37. The highest BCUT2D eigenvalue weighted by molar-refractivity contribution is 6.07. The minimum absolute atomic E-state index is 0.0644. The number of unbranched alkanes of at least 4 members (excludes halogenated alkanes) is 3. The number of nitrogens with zero attached hydrogens (tertiary/aromatic N) is 4. The van der Waals surface area contributed by atoms with Gasteiger partial charge in [0.1, 0.15) is 0 Å². The van der Waals surface area contributed by atoms with Crippen molar-refractivity contribution < 1.29 is 19.1 Å². The zero-order valence-electron chi connectivity index (χ0n) is 22.1. The smallest absolute Gasteiger partial charge is 0.256 e. The Morgan fingerprint density at radius 2 is 1.73 bits per heavy atom. The van der Waals surface area contributed by atoms with E-state index in [2.05, 4.69) is 9.89 Å². The highest BCUT2D eigenvalue weighted by Gasteiger charge is 2.31. The molecule has 3 aliphatic heterocycles. The van der Waals surface area contributed by atoms with Gasteiger partial charge in [0.25, 0.3) is 5.91 Å². The molecule has 0 bridgehead atoms. The van der Waals surface area contributed by atoms with E-state index in [0.717, 1.165) is 87.2 Å². The van der Waals surface area contributed by atoms with Crippen molar-refractivity contribution in [3.8, 4) is 11.5 Å². The summed E-state index contributed by atoms with van der Waals surface area (Å²) < 4.78 is 11.8.